The molecule has 19 N–H and O–H groups in total. The van der Waals surface area contributed by atoms with Crippen molar-refractivity contribution in [3.05, 3.63) is 177 Å². The lowest BCUT2D eigenvalue weighted by atomic mass is 10.1. The van der Waals surface area contributed by atoms with Crippen LogP contribution in [0.15, 0.2) is 103 Å². The van der Waals surface area contributed by atoms with Crippen LogP contribution in [0.5, 0.6) is 11.5 Å². The second kappa shape index (κ2) is 29.9. The molecule has 6 aromatic rings. The number of ether oxygens (including phenoxy) is 1. The molecule has 0 unspecified atom stereocenters. The third-order valence-corrected chi connectivity index (χ3v) is 9.56. The van der Waals surface area contributed by atoms with E-state index in [1.54, 1.807) is 0 Å². The van der Waals surface area contributed by atoms with E-state index in [4.69, 9.17) is 98.1 Å². The highest BCUT2D eigenvalue weighted by Crippen LogP contribution is 2.33. The van der Waals surface area contributed by atoms with Gasteiger partial charge in [0.1, 0.15) is 17.2 Å². The SMILES string of the molecule is COc1cc(C(=O)O)ccc1N.Nc1c(Cl)cc(C(=O)O)cc1Cl.Nc1c([N+](=O)[O-])cc(C(=O)O)cc1[N+](=O)[O-].Nc1ccc(C(=O)O)cc1O.Nc1ccc(C(=O)O)cc1[N+](=O)[O-].Nc1ccc(CCCO)cc1. The van der Waals surface area contributed by atoms with Crippen molar-refractivity contribution in [1.29, 1.82) is 0 Å². The monoisotopic (exact) mass is 1090 g/mol. The Morgan fingerprint density at radius 3 is 1.27 bits per heavy atom. The van der Waals surface area contributed by atoms with E-state index in [0.29, 0.717) is 23.6 Å². The standard InChI is InChI=1S/C9H13NO.C8H9NO3.C7H5Cl2NO2.C7H5N3O6.C7H6N2O4.C7H7NO3/c10-9-5-3-8(4-6-9)2-1-7-11;1-12-7-4-5(8(10)11)2-3-6(7)9;8-4-1-3(7(11)12)2-5(9)6(4)10;8-6-4(9(13)14)1-3(7(11)12)2-5(6)10(15)16;8-5-2-1-4(7(10)11)3-6(5)9(12)13;8-5-2-1-4(7(10)11)3-6(5)9/h3-6,11H,1-2,7,10H2;2-4H,9H2,1H3,(H,10,11);1-2H,10H2,(H,11,12);1-2H,8H2,(H,11,12);1-3H,8H2,(H,10,11);1-3,9H,8H2,(H,10,11). The molecule has 6 rings (SSSR count). The molecule has 6 aromatic carbocycles. The maximum Gasteiger partial charge on any atom is 0.336 e. The fraction of sp³-hybridized carbons (Fsp3) is 0.0889. The summed E-state index contributed by atoms with van der Waals surface area (Å²) in [6, 6.07) is 23.0. The zero-order valence-electron chi connectivity index (χ0n) is 38.5. The second-order valence-electron chi connectivity index (χ2n) is 14.2. The number of carboxylic acid groups (broad SMARTS) is 5. The molecule has 0 radical (unpaired) electrons. The van der Waals surface area contributed by atoms with Gasteiger partial charge in [-0.15, -0.1) is 0 Å². The Kier molecular flexibility index (Phi) is 25.0. The smallest absolute Gasteiger partial charge is 0.336 e. The number of nitrogen functional groups attached to an aromatic ring is 6. The maximum absolute atomic E-state index is 10.6. The first-order valence-electron chi connectivity index (χ1n) is 20.1. The predicted molar refractivity (Wildman–Crippen MR) is 274 cm³/mol. The largest absolute Gasteiger partial charge is 0.506 e. The van der Waals surface area contributed by atoms with Crippen LogP contribution in [0.25, 0.3) is 0 Å². The Balaban J connectivity index is 0.000000452. The Labute approximate surface area is 431 Å². The summed E-state index contributed by atoms with van der Waals surface area (Å²) in [5.74, 6) is -5.71. The number of nitro benzene ring substituents is 3. The number of halogens is 2. The number of anilines is 6. The van der Waals surface area contributed by atoms with Crippen molar-refractivity contribution < 1.29 is 79.2 Å². The zero-order chi connectivity index (χ0) is 57.4. The minimum absolute atomic E-state index is 0.0247. The van der Waals surface area contributed by atoms with Gasteiger partial charge in [-0.3, -0.25) is 30.3 Å². The molecule has 0 saturated carbocycles. The lowest BCUT2D eigenvalue weighted by Gasteiger charge is -2.03. The van der Waals surface area contributed by atoms with E-state index in [1.807, 2.05) is 24.3 Å². The summed E-state index contributed by atoms with van der Waals surface area (Å²) in [6.07, 6.45) is 1.75. The molecule has 0 aromatic heterocycles. The molecule has 398 valence electrons. The molecular weight excluding hydrogens is 1040 g/mol. The van der Waals surface area contributed by atoms with Crippen LogP contribution in [0, 0.1) is 30.3 Å². The average molecular weight is 1090 g/mol. The molecule has 0 atom stereocenters. The highest BCUT2D eigenvalue weighted by molar-refractivity contribution is 6.39. The number of rotatable bonds is 12. The van der Waals surface area contributed by atoms with E-state index in [1.165, 1.54) is 67.3 Å². The number of hydrogen-bond acceptors (Lipinski definition) is 20. The predicted octanol–water partition coefficient (Wildman–Crippen LogP) is 6.77. The molecule has 0 saturated heterocycles. The number of hydrogen-bond donors (Lipinski definition) is 13. The second-order valence-corrected chi connectivity index (χ2v) is 15.0. The van der Waals surface area contributed by atoms with E-state index in [0.717, 1.165) is 30.7 Å². The Morgan fingerprint density at radius 1 is 0.507 bits per heavy atom. The summed E-state index contributed by atoms with van der Waals surface area (Å²) in [5, 5.41) is 91.9. The van der Waals surface area contributed by atoms with E-state index in [2.05, 4.69) is 0 Å². The third kappa shape index (κ3) is 20.6. The number of aryl methyl sites for hydroxylation is 1. The first-order chi connectivity index (χ1) is 35.0. The molecule has 0 heterocycles. The van der Waals surface area contributed by atoms with Crippen LogP contribution in [0.1, 0.15) is 63.8 Å². The number of phenolic OH excluding ortho intramolecular Hbond substituents is 1. The van der Waals surface area contributed by atoms with E-state index in [-0.39, 0.29) is 67.4 Å². The van der Waals surface area contributed by atoms with Crippen LogP contribution >= 0.6 is 23.2 Å². The third-order valence-electron chi connectivity index (χ3n) is 8.94. The van der Waals surface area contributed by atoms with Crippen molar-refractivity contribution in [3.8, 4) is 11.5 Å². The molecule has 75 heavy (non-hydrogen) atoms. The number of nitrogens with two attached hydrogens (primary N) is 6. The molecule has 0 aliphatic rings. The molecule has 30 heteroatoms. The van der Waals surface area contributed by atoms with Gasteiger partial charge in [0, 0.05) is 30.5 Å². The van der Waals surface area contributed by atoms with E-state index < -0.39 is 67.2 Å². The molecular formula is C45H45Cl2N9O19. The minimum atomic E-state index is -1.51. The van der Waals surface area contributed by atoms with Gasteiger partial charge in [0.05, 0.1) is 76.8 Å². The van der Waals surface area contributed by atoms with Crippen molar-refractivity contribution in [2.75, 3.05) is 48.1 Å². The van der Waals surface area contributed by atoms with Gasteiger partial charge in [-0.25, -0.2) is 24.0 Å². The van der Waals surface area contributed by atoms with Gasteiger partial charge in [0.25, 0.3) is 17.1 Å². The highest BCUT2D eigenvalue weighted by Gasteiger charge is 2.26. The van der Waals surface area contributed by atoms with E-state index in [9.17, 15) is 54.3 Å². The normalized spacial score (nSPS) is 9.65. The molecule has 0 spiro atoms. The van der Waals surface area contributed by atoms with Gasteiger partial charge in [-0.1, -0.05) is 35.3 Å². The number of carboxylic acids is 5. The van der Waals surface area contributed by atoms with Crippen LogP contribution in [0.2, 0.25) is 10.0 Å². The van der Waals surface area contributed by atoms with Crippen molar-refractivity contribution in [2.24, 2.45) is 0 Å². The first-order valence-corrected chi connectivity index (χ1v) is 20.9. The Hall–Kier alpha value is -10.2. The van der Waals surface area contributed by atoms with Crippen LogP contribution in [-0.2, 0) is 6.42 Å². The van der Waals surface area contributed by atoms with Gasteiger partial charge in [-0.2, -0.15) is 0 Å². The summed E-state index contributed by atoms with van der Waals surface area (Å²) < 4.78 is 4.85. The topological polar surface area (TPSA) is 522 Å². The molecule has 0 aliphatic carbocycles. The Morgan fingerprint density at radius 2 is 0.880 bits per heavy atom. The molecule has 28 nitrogen and oxygen atoms in total. The van der Waals surface area contributed by atoms with Gasteiger partial charge in [0.2, 0.25) is 0 Å². The zero-order valence-corrected chi connectivity index (χ0v) is 40.0. The number of nitrogens with zero attached hydrogens (tertiary/aromatic N) is 3. The number of aliphatic hydroxyl groups excluding tert-OH is 1. The maximum atomic E-state index is 10.6. The Bertz CT molecular complexity index is 3010. The summed E-state index contributed by atoms with van der Waals surface area (Å²) in [4.78, 5) is 80.9. The van der Waals surface area contributed by atoms with Crippen LogP contribution < -0.4 is 39.1 Å². The number of nitro groups is 3. The highest BCUT2D eigenvalue weighted by atomic mass is 35.5. The summed E-state index contributed by atoms with van der Waals surface area (Å²) in [7, 11) is 1.44. The lowest BCUT2D eigenvalue weighted by molar-refractivity contribution is -0.392. The number of benzene rings is 6. The van der Waals surface area contributed by atoms with Crippen molar-refractivity contribution in [2.45, 2.75) is 12.8 Å². The number of methoxy groups -OCH3 is 1. The number of aromatic carboxylic acids is 5. The fourth-order valence-electron chi connectivity index (χ4n) is 5.08. The molecule has 0 amide bonds. The van der Waals surface area contributed by atoms with Crippen molar-refractivity contribution >= 4 is 104 Å². The first kappa shape index (κ1) is 62.8. The van der Waals surface area contributed by atoms with Gasteiger partial charge in [0.15, 0.2) is 5.69 Å². The number of phenols is 1. The minimum Gasteiger partial charge on any atom is -0.506 e. The molecule has 0 aliphatic heterocycles. The lowest BCUT2D eigenvalue weighted by Crippen LogP contribution is -2.05. The molecule has 0 bridgehead atoms. The van der Waals surface area contributed by atoms with Gasteiger partial charge in [-0.05, 0) is 91.2 Å². The fourth-order valence-corrected chi connectivity index (χ4v) is 5.57. The summed E-state index contributed by atoms with van der Waals surface area (Å²) >= 11 is 11.2. The summed E-state index contributed by atoms with van der Waals surface area (Å²) in [6.45, 7) is 0.254. The van der Waals surface area contributed by atoms with Gasteiger partial charge < -0.3 is 74.9 Å². The van der Waals surface area contributed by atoms with Crippen LogP contribution in [0.4, 0.5) is 51.2 Å². The van der Waals surface area contributed by atoms with Crippen molar-refractivity contribution in [1.82, 2.24) is 0 Å². The average Bonchev–Trinajstić information content (AvgIpc) is 3.34. The number of aromatic hydroxyl groups is 1. The number of aliphatic hydroxyl groups is 1. The molecule has 0 fully saturated rings. The van der Waals surface area contributed by atoms with Gasteiger partial charge >= 0.3 is 29.8 Å². The van der Waals surface area contributed by atoms with Crippen molar-refractivity contribution in [3.63, 3.8) is 0 Å². The quantitative estimate of drug-likeness (QED) is 0.0260. The number of carbonyl (C=O) groups is 5. The van der Waals surface area contributed by atoms with Crippen LogP contribution in [0.3, 0.4) is 0 Å². The van der Waals surface area contributed by atoms with Crippen LogP contribution in [-0.4, -0.2) is 94.1 Å². The summed E-state index contributed by atoms with van der Waals surface area (Å²) in [5.41, 5.74) is 31.7. The van der Waals surface area contributed by atoms with E-state index >= 15 is 0 Å².